The van der Waals surface area contributed by atoms with Gasteiger partial charge < -0.3 is 14.6 Å². The number of nitrogens with one attached hydrogen (secondary N) is 1. The molecule has 1 N–H and O–H groups in total. The molecule has 0 radical (unpaired) electrons. The fourth-order valence-electron chi connectivity index (χ4n) is 2.18. The lowest BCUT2D eigenvalue weighted by atomic mass is 10.0. The summed E-state index contributed by atoms with van der Waals surface area (Å²) in [5.74, 6) is -0.121. The Morgan fingerprint density at radius 1 is 1.56 bits per heavy atom. The molecule has 18 heavy (non-hydrogen) atoms. The van der Waals surface area contributed by atoms with Gasteiger partial charge in [-0.2, -0.15) is 0 Å². The molecular formula is C12H15BrN2O3. The minimum atomic E-state index is -0.0642. The highest BCUT2D eigenvalue weighted by Gasteiger charge is 2.26. The maximum atomic E-state index is 12.2. The standard InChI is InChI=1S/C12H15BrN2O3/c1-8(16)14-9-3-2-5-15(7-9)12(17)10-4-6-18-11(10)13/h4,6,9H,2-3,5,7H2,1H3,(H,14,16). The molecule has 1 aromatic rings. The van der Waals surface area contributed by atoms with E-state index in [2.05, 4.69) is 21.2 Å². The number of carbonyl (C=O) groups excluding carboxylic acids is 2. The molecule has 1 unspecified atom stereocenters. The zero-order chi connectivity index (χ0) is 13.1. The number of likely N-dealkylation sites (tertiary alicyclic amines) is 1. The number of carbonyl (C=O) groups is 2. The number of piperidine rings is 1. The summed E-state index contributed by atoms with van der Waals surface area (Å²) in [6.45, 7) is 2.76. The number of rotatable bonds is 2. The van der Waals surface area contributed by atoms with Crippen molar-refractivity contribution in [2.24, 2.45) is 0 Å². The van der Waals surface area contributed by atoms with Gasteiger partial charge in [0.2, 0.25) is 5.91 Å². The summed E-state index contributed by atoms with van der Waals surface area (Å²) < 4.78 is 5.52. The Kier molecular flexibility index (Phi) is 4.06. The molecule has 2 heterocycles. The molecule has 0 aliphatic carbocycles. The van der Waals surface area contributed by atoms with Gasteiger partial charge in [0, 0.05) is 26.1 Å². The Bertz CT molecular complexity index is 458. The first kappa shape index (κ1) is 13.1. The average molecular weight is 315 g/mol. The summed E-state index contributed by atoms with van der Waals surface area (Å²) in [7, 11) is 0. The highest BCUT2D eigenvalue weighted by atomic mass is 79.9. The first-order valence-electron chi connectivity index (χ1n) is 5.87. The maximum Gasteiger partial charge on any atom is 0.258 e. The summed E-state index contributed by atoms with van der Waals surface area (Å²) in [6, 6.07) is 1.69. The van der Waals surface area contributed by atoms with Gasteiger partial charge in [-0.15, -0.1) is 0 Å². The van der Waals surface area contributed by atoms with Crippen molar-refractivity contribution in [1.82, 2.24) is 10.2 Å². The molecule has 0 bridgehead atoms. The Labute approximate surface area is 114 Å². The molecule has 0 aromatic carbocycles. The van der Waals surface area contributed by atoms with Crippen LogP contribution in [0, 0.1) is 0 Å². The highest BCUT2D eigenvalue weighted by Crippen LogP contribution is 2.21. The van der Waals surface area contributed by atoms with Gasteiger partial charge in [0.1, 0.15) is 0 Å². The van der Waals surface area contributed by atoms with Crippen LogP contribution in [0.4, 0.5) is 0 Å². The summed E-state index contributed by atoms with van der Waals surface area (Å²) in [4.78, 5) is 25.0. The molecule has 1 aliphatic heterocycles. The molecule has 1 aromatic heterocycles. The lowest BCUT2D eigenvalue weighted by molar-refractivity contribution is -0.120. The van der Waals surface area contributed by atoms with Crippen molar-refractivity contribution in [1.29, 1.82) is 0 Å². The first-order valence-corrected chi connectivity index (χ1v) is 6.66. The molecule has 1 saturated heterocycles. The Morgan fingerprint density at radius 2 is 2.33 bits per heavy atom. The fraction of sp³-hybridized carbons (Fsp3) is 0.500. The Balaban J connectivity index is 2.03. The molecule has 2 amide bonds. The fourth-order valence-corrected chi connectivity index (χ4v) is 2.59. The molecule has 6 heteroatoms. The average Bonchev–Trinajstić information content (AvgIpc) is 2.74. The highest BCUT2D eigenvalue weighted by molar-refractivity contribution is 9.10. The van der Waals surface area contributed by atoms with E-state index >= 15 is 0 Å². The van der Waals surface area contributed by atoms with Gasteiger partial charge in [0.15, 0.2) is 4.67 Å². The summed E-state index contributed by atoms with van der Waals surface area (Å²) in [5, 5.41) is 2.86. The van der Waals surface area contributed by atoms with Crippen molar-refractivity contribution >= 4 is 27.7 Å². The van der Waals surface area contributed by atoms with Crippen LogP contribution in [0.25, 0.3) is 0 Å². The van der Waals surface area contributed by atoms with Crippen molar-refractivity contribution < 1.29 is 14.0 Å². The number of nitrogens with zero attached hydrogens (tertiary/aromatic N) is 1. The van der Waals surface area contributed by atoms with Gasteiger partial charge in [-0.05, 0) is 34.8 Å². The second-order valence-electron chi connectivity index (χ2n) is 4.40. The first-order chi connectivity index (χ1) is 8.58. The molecule has 98 valence electrons. The van der Waals surface area contributed by atoms with E-state index in [-0.39, 0.29) is 17.9 Å². The van der Waals surface area contributed by atoms with Crippen molar-refractivity contribution in [3.8, 4) is 0 Å². The third-order valence-electron chi connectivity index (χ3n) is 2.96. The normalized spacial score (nSPS) is 19.7. The lowest BCUT2D eigenvalue weighted by Gasteiger charge is -2.32. The summed E-state index contributed by atoms with van der Waals surface area (Å²) >= 11 is 3.21. The predicted molar refractivity (Wildman–Crippen MR) is 69.2 cm³/mol. The second kappa shape index (κ2) is 5.56. The van der Waals surface area contributed by atoms with Crippen LogP contribution in [0.1, 0.15) is 30.1 Å². The van der Waals surface area contributed by atoms with E-state index in [0.29, 0.717) is 23.3 Å². The lowest BCUT2D eigenvalue weighted by Crippen LogP contribution is -2.49. The van der Waals surface area contributed by atoms with Crippen LogP contribution in [-0.2, 0) is 4.79 Å². The van der Waals surface area contributed by atoms with Crippen LogP contribution in [-0.4, -0.2) is 35.8 Å². The van der Waals surface area contributed by atoms with E-state index < -0.39 is 0 Å². The van der Waals surface area contributed by atoms with Crippen LogP contribution in [0.2, 0.25) is 0 Å². The Morgan fingerprint density at radius 3 is 2.94 bits per heavy atom. The predicted octanol–water partition coefficient (Wildman–Crippen LogP) is 1.78. The topological polar surface area (TPSA) is 62.6 Å². The maximum absolute atomic E-state index is 12.2. The zero-order valence-electron chi connectivity index (χ0n) is 10.1. The molecule has 0 saturated carbocycles. The monoisotopic (exact) mass is 314 g/mol. The van der Waals surface area contributed by atoms with E-state index in [4.69, 9.17) is 4.42 Å². The number of hydrogen-bond acceptors (Lipinski definition) is 3. The molecule has 1 fully saturated rings. The van der Waals surface area contributed by atoms with Crippen molar-refractivity contribution in [2.45, 2.75) is 25.8 Å². The summed E-state index contributed by atoms with van der Waals surface area (Å²) in [6.07, 6.45) is 3.29. The van der Waals surface area contributed by atoms with E-state index in [1.54, 1.807) is 11.0 Å². The molecular weight excluding hydrogens is 300 g/mol. The van der Waals surface area contributed by atoms with Crippen molar-refractivity contribution in [3.05, 3.63) is 22.6 Å². The number of amides is 2. The minimum Gasteiger partial charge on any atom is -0.457 e. The Hall–Kier alpha value is -1.30. The zero-order valence-corrected chi connectivity index (χ0v) is 11.7. The smallest absolute Gasteiger partial charge is 0.258 e. The van der Waals surface area contributed by atoms with Crippen LogP contribution in [0.5, 0.6) is 0 Å². The van der Waals surface area contributed by atoms with Gasteiger partial charge >= 0.3 is 0 Å². The van der Waals surface area contributed by atoms with Crippen molar-refractivity contribution in [2.75, 3.05) is 13.1 Å². The van der Waals surface area contributed by atoms with Crippen LogP contribution in [0.15, 0.2) is 21.4 Å². The molecule has 2 rings (SSSR count). The quantitative estimate of drug-likeness (QED) is 0.905. The molecule has 0 spiro atoms. The van der Waals surface area contributed by atoms with Crippen LogP contribution in [0.3, 0.4) is 0 Å². The molecule has 1 atom stereocenters. The molecule has 1 aliphatic rings. The number of furan rings is 1. The van der Waals surface area contributed by atoms with Gasteiger partial charge in [0.05, 0.1) is 11.8 Å². The van der Waals surface area contributed by atoms with E-state index in [1.165, 1.54) is 13.2 Å². The van der Waals surface area contributed by atoms with E-state index in [1.807, 2.05) is 0 Å². The van der Waals surface area contributed by atoms with E-state index in [9.17, 15) is 9.59 Å². The van der Waals surface area contributed by atoms with Gasteiger partial charge in [-0.3, -0.25) is 9.59 Å². The number of hydrogen-bond donors (Lipinski definition) is 1. The van der Waals surface area contributed by atoms with Crippen molar-refractivity contribution in [3.63, 3.8) is 0 Å². The van der Waals surface area contributed by atoms with Gasteiger partial charge in [0.25, 0.3) is 5.91 Å². The van der Waals surface area contributed by atoms with Crippen LogP contribution < -0.4 is 5.32 Å². The third-order valence-corrected chi connectivity index (χ3v) is 3.58. The second-order valence-corrected chi connectivity index (χ2v) is 5.12. The van der Waals surface area contributed by atoms with Gasteiger partial charge in [-0.25, -0.2) is 0 Å². The molecule has 5 nitrogen and oxygen atoms in total. The van der Waals surface area contributed by atoms with E-state index in [0.717, 1.165) is 12.8 Å². The SMILES string of the molecule is CC(=O)NC1CCCN(C(=O)c2ccoc2Br)C1. The van der Waals surface area contributed by atoms with Gasteiger partial charge in [-0.1, -0.05) is 0 Å². The third kappa shape index (κ3) is 2.93. The number of halogens is 1. The van der Waals surface area contributed by atoms with Crippen LogP contribution >= 0.6 is 15.9 Å². The minimum absolute atomic E-state index is 0.0471. The summed E-state index contributed by atoms with van der Waals surface area (Å²) in [5.41, 5.74) is 0.526. The largest absolute Gasteiger partial charge is 0.457 e.